The van der Waals surface area contributed by atoms with Crippen LogP contribution in [0, 0.1) is 0 Å². The molecule has 1 saturated heterocycles. The SMILES string of the molecule is CC1CN(C)CCCN1Cc1cc2ccccc2cc1N. The van der Waals surface area contributed by atoms with Gasteiger partial charge in [0.05, 0.1) is 0 Å². The number of hydrogen-bond donors (Lipinski definition) is 1. The van der Waals surface area contributed by atoms with Crippen LogP contribution in [0.1, 0.15) is 18.9 Å². The highest BCUT2D eigenvalue weighted by Crippen LogP contribution is 2.24. The van der Waals surface area contributed by atoms with E-state index < -0.39 is 0 Å². The number of likely N-dealkylation sites (N-methyl/N-ethyl adjacent to an activating group) is 1. The largest absolute Gasteiger partial charge is 0.398 e. The summed E-state index contributed by atoms with van der Waals surface area (Å²) in [6.07, 6.45) is 1.23. The first-order valence-electron chi connectivity index (χ1n) is 7.83. The molecule has 2 aromatic rings. The highest BCUT2D eigenvalue weighted by molar-refractivity contribution is 5.86. The Morgan fingerprint density at radius 2 is 1.86 bits per heavy atom. The molecule has 1 aliphatic rings. The fourth-order valence-corrected chi connectivity index (χ4v) is 3.32. The van der Waals surface area contributed by atoms with Crippen molar-refractivity contribution in [2.45, 2.75) is 25.9 Å². The molecule has 1 fully saturated rings. The molecule has 3 rings (SSSR count). The van der Waals surface area contributed by atoms with E-state index in [0.29, 0.717) is 6.04 Å². The normalized spacial score (nSPS) is 21.5. The van der Waals surface area contributed by atoms with Crippen molar-refractivity contribution in [3.05, 3.63) is 42.0 Å². The minimum atomic E-state index is 0.573. The lowest BCUT2D eigenvalue weighted by atomic mass is 10.0. The number of nitrogens with zero attached hydrogens (tertiary/aromatic N) is 2. The van der Waals surface area contributed by atoms with Crippen molar-refractivity contribution in [1.29, 1.82) is 0 Å². The van der Waals surface area contributed by atoms with Crippen LogP contribution in [0.5, 0.6) is 0 Å². The Balaban J connectivity index is 1.85. The van der Waals surface area contributed by atoms with Gasteiger partial charge in [0.15, 0.2) is 0 Å². The Morgan fingerprint density at radius 1 is 1.14 bits per heavy atom. The summed E-state index contributed by atoms with van der Waals surface area (Å²) in [7, 11) is 2.21. The molecule has 1 heterocycles. The molecule has 0 radical (unpaired) electrons. The standard InChI is InChI=1S/C18H25N3/c1-14-12-20(2)8-5-9-21(14)13-17-10-15-6-3-4-7-16(15)11-18(17)19/h3-4,6-7,10-11,14H,5,8-9,12-13,19H2,1-2H3. The molecule has 112 valence electrons. The van der Waals surface area contributed by atoms with Gasteiger partial charge in [-0.2, -0.15) is 0 Å². The summed E-state index contributed by atoms with van der Waals surface area (Å²) in [4.78, 5) is 4.98. The molecule has 1 atom stereocenters. The highest BCUT2D eigenvalue weighted by Gasteiger charge is 2.20. The van der Waals surface area contributed by atoms with Gasteiger partial charge >= 0.3 is 0 Å². The van der Waals surface area contributed by atoms with Crippen molar-refractivity contribution < 1.29 is 0 Å². The monoisotopic (exact) mass is 283 g/mol. The van der Waals surface area contributed by atoms with Gasteiger partial charge in [-0.05, 0) is 55.4 Å². The van der Waals surface area contributed by atoms with Crippen LogP contribution < -0.4 is 5.73 Å². The van der Waals surface area contributed by atoms with E-state index in [4.69, 9.17) is 5.73 Å². The summed E-state index contributed by atoms with van der Waals surface area (Å²) in [5.74, 6) is 0. The Hall–Kier alpha value is -1.58. The topological polar surface area (TPSA) is 32.5 Å². The maximum Gasteiger partial charge on any atom is 0.0366 e. The van der Waals surface area contributed by atoms with Crippen LogP contribution in [0.15, 0.2) is 36.4 Å². The molecule has 0 amide bonds. The molecular weight excluding hydrogens is 258 g/mol. The fourth-order valence-electron chi connectivity index (χ4n) is 3.32. The zero-order valence-corrected chi connectivity index (χ0v) is 13.0. The zero-order chi connectivity index (χ0) is 14.8. The molecule has 0 saturated carbocycles. The molecule has 0 aromatic heterocycles. The summed E-state index contributed by atoms with van der Waals surface area (Å²) >= 11 is 0. The predicted octanol–water partition coefficient (Wildman–Crippen LogP) is 2.95. The van der Waals surface area contributed by atoms with Crippen molar-refractivity contribution >= 4 is 16.5 Å². The van der Waals surface area contributed by atoms with Crippen LogP contribution in [0.3, 0.4) is 0 Å². The van der Waals surface area contributed by atoms with Crippen molar-refractivity contribution in [1.82, 2.24) is 9.80 Å². The lowest BCUT2D eigenvalue weighted by Gasteiger charge is -2.28. The molecule has 2 aromatic carbocycles. The third kappa shape index (κ3) is 3.20. The second-order valence-corrected chi connectivity index (χ2v) is 6.33. The summed E-state index contributed by atoms with van der Waals surface area (Å²) in [6, 6.07) is 13.4. The van der Waals surface area contributed by atoms with Crippen LogP contribution in [0.25, 0.3) is 10.8 Å². The number of benzene rings is 2. The molecule has 3 heteroatoms. The van der Waals surface area contributed by atoms with Gasteiger partial charge in [0.2, 0.25) is 0 Å². The molecule has 3 nitrogen and oxygen atoms in total. The Bertz CT molecular complexity index is 623. The average Bonchev–Trinajstić information content (AvgIpc) is 2.61. The Labute approximate surface area is 127 Å². The van der Waals surface area contributed by atoms with Gasteiger partial charge in [0.25, 0.3) is 0 Å². The number of nitrogen functional groups attached to an aromatic ring is 1. The first-order chi connectivity index (χ1) is 10.1. The summed E-state index contributed by atoms with van der Waals surface area (Å²) in [5.41, 5.74) is 8.45. The average molecular weight is 283 g/mol. The molecule has 0 spiro atoms. The van der Waals surface area contributed by atoms with E-state index in [1.807, 2.05) is 0 Å². The van der Waals surface area contributed by atoms with Crippen molar-refractivity contribution in [3.63, 3.8) is 0 Å². The van der Waals surface area contributed by atoms with E-state index in [9.17, 15) is 0 Å². The molecule has 1 unspecified atom stereocenters. The van der Waals surface area contributed by atoms with Gasteiger partial charge in [0, 0.05) is 31.4 Å². The second-order valence-electron chi connectivity index (χ2n) is 6.33. The maximum atomic E-state index is 6.28. The summed E-state index contributed by atoms with van der Waals surface area (Å²) in [6.45, 7) is 6.74. The maximum absolute atomic E-state index is 6.28. The summed E-state index contributed by atoms with van der Waals surface area (Å²) < 4.78 is 0. The number of nitrogens with two attached hydrogens (primary N) is 1. The molecule has 21 heavy (non-hydrogen) atoms. The van der Waals surface area contributed by atoms with E-state index in [1.165, 1.54) is 29.3 Å². The predicted molar refractivity (Wildman–Crippen MR) is 90.3 cm³/mol. The van der Waals surface area contributed by atoms with Crippen LogP contribution in [0.4, 0.5) is 5.69 Å². The molecule has 0 aliphatic carbocycles. The Morgan fingerprint density at radius 3 is 2.62 bits per heavy atom. The Kier molecular flexibility index (Phi) is 4.13. The lowest BCUT2D eigenvalue weighted by Crippen LogP contribution is -2.37. The van der Waals surface area contributed by atoms with Crippen LogP contribution >= 0.6 is 0 Å². The number of hydrogen-bond acceptors (Lipinski definition) is 3. The van der Waals surface area contributed by atoms with Gasteiger partial charge < -0.3 is 10.6 Å². The van der Waals surface area contributed by atoms with Gasteiger partial charge in [-0.25, -0.2) is 0 Å². The van der Waals surface area contributed by atoms with Crippen molar-refractivity contribution in [2.24, 2.45) is 0 Å². The molecule has 0 bridgehead atoms. The van der Waals surface area contributed by atoms with E-state index in [-0.39, 0.29) is 0 Å². The van der Waals surface area contributed by atoms with E-state index in [2.05, 4.69) is 60.2 Å². The third-order valence-electron chi connectivity index (χ3n) is 4.57. The van der Waals surface area contributed by atoms with Crippen molar-refractivity contribution in [3.8, 4) is 0 Å². The van der Waals surface area contributed by atoms with Gasteiger partial charge in [-0.3, -0.25) is 4.90 Å². The smallest absolute Gasteiger partial charge is 0.0366 e. The molecular formula is C18H25N3. The van der Waals surface area contributed by atoms with Gasteiger partial charge in [0.1, 0.15) is 0 Å². The first-order valence-corrected chi connectivity index (χ1v) is 7.83. The van der Waals surface area contributed by atoms with Gasteiger partial charge in [-0.1, -0.05) is 24.3 Å². The third-order valence-corrected chi connectivity index (χ3v) is 4.57. The van der Waals surface area contributed by atoms with Crippen LogP contribution in [-0.4, -0.2) is 42.5 Å². The molecule has 2 N–H and O–H groups in total. The van der Waals surface area contributed by atoms with E-state index in [1.54, 1.807) is 0 Å². The molecule has 1 aliphatic heterocycles. The summed E-state index contributed by atoms with van der Waals surface area (Å²) in [5, 5.41) is 2.50. The quantitative estimate of drug-likeness (QED) is 0.860. The lowest BCUT2D eigenvalue weighted by molar-refractivity contribution is 0.195. The minimum Gasteiger partial charge on any atom is -0.398 e. The highest BCUT2D eigenvalue weighted by atomic mass is 15.2. The number of rotatable bonds is 2. The van der Waals surface area contributed by atoms with Crippen LogP contribution in [0.2, 0.25) is 0 Å². The van der Waals surface area contributed by atoms with Crippen molar-refractivity contribution in [2.75, 3.05) is 32.4 Å². The van der Waals surface area contributed by atoms with Gasteiger partial charge in [-0.15, -0.1) is 0 Å². The second kappa shape index (κ2) is 6.04. The number of fused-ring (bicyclic) bond motifs is 1. The van der Waals surface area contributed by atoms with E-state index in [0.717, 1.165) is 25.3 Å². The number of anilines is 1. The minimum absolute atomic E-state index is 0.573. The zero-order valence-electron chi connectivity index (χ0n) is 13.0. The van der Waals surface area contributed by atoms with Crippen LogP contribution in [-0.2, 0) is 6.54 Å². The fraction of sp³-hybridized carbons (Fsp3) is 0.444. The van der Waals surface area contributed by atoms with E-state index >= 15 is 0 Å². The first kappa shape index (κ1) is 14.4.